The number of rotatable bonds is 8. The minimum atomic E-state index is -2.54. The number of thiol groups is 1. The lowest BCUT2D eigenvalue weighted by molar-refractivity contribution is 0.264. The summed E-state index contributed by atoms with van der Waals surface area (Å²) < 4.78 is 18.7. The van der Waals surface area contributed by atoms with Crippen molar-refractivity contribution in [3.05, 3.63) is 0 Å². The van der Waals surface area contributed by atoms with E-state index in [4.69, 9.17) is 12.3 Å². The topological polar surface area (TPSA) is 27.7 Å². The van der Waals surface area contributed by atoms with E-state index in [1.165, 1.54) is 0 Å². The third-order valence-corrected chi connectivity index (χ3v) is 14.1. The fourth-order valence-electron chi connectivity index (χ4n) is 1.55. The lowest BCUT2D eigenvalue weighted by Gasteiger charge is -2.38. The second-order valence-electron chi connectivity index (χ2n) is 5.03. The third-order valence-electron chi connectivity index (χ3n) is 1.99. The minimum absolute atomic E-state index is 0.127. The summed E-state index contributed by atoms with van der Waals surface area (Å²) in [6.07, 6.45) is 0.943. The molecule has 0 aromatic rings. The number of hydrogen-bond donors (Lipinski definition) is 1. The van der Waals surface area contributed by atoms with Crippen molar-refractivity contribution in [2.45, 2.75) is 57.5 Å². The molecule has 0 N–H and O–H groups in total. The normalized spacial score (nSPS) is 15.0. The Bertz CT molecular complexity index is 190. The van der Waals surface area contributed by atoms with Crippen molar-refractivity contribution in [3.63, 3.8) is 0 Å². The maximum absolute atomic E-state index is 6.24. The quantitative estimate of drug-likeness (QED) is 0.547. The molecule has 0 saturated heterocycles. The van der Waals surface area contributed by atoms with Gasteiger partial charge in [0.1, 0.15) is 0 Å². The van der Waals surface area contributed by atoms with Crippen molar-refractivity contribution in [2.24, 2.45) is 0 Å². The van der Waals surface area contributed by atoms with Crippen LogP contribution in [-0.2, 0) is 12.3 Å². The first-order valence-corrected chi connectivity index (χ1v) is 17.1. The molecule has 0 saturated carbocycles. The molecule has 0 spiro atoms. The van der Waals surface area contributed by atoms with Crippen LogP contribution in [0.25, 0.3) is 0 Å². The van der Waals surface area contributed by atoms with Gasteiger partial charge in [-0.25, -0.2) is 0 Å². The van der Waals surface area contributed by atoms with Gasteiger partial charge < -0.3 is 12.3 Å². The van der Waals surface area contributed by atoms with E-state index in [2.05, 4.69) is 58.8 Å². The van der Waals surface area contributed by atoms with Crippen LogP contribution in [0.5, 0.6) is 0 Å². The summed E-state index contributed by atoms with van der Waals surface area (Å²) in [5.41, 5.74) is 0. The van der Waals surface area contributed by atoms with Crippen molar-refractivity contribution < 1.29 is 12.3 Å². The Balaban J connectivity index is 5.04. The maximum Gasteiger partial charge on any atom is 0.482 e. The van der Waals surface area contributed by atoms with E-state index >= 15 is 0 Å². The number of hydrogen-bond acceptors (Lipinski definition) is 4. The molecule has 0 aliphatic heterocycles. The van der Waals surface area contributed by atoms with Crippen LogP contribution < -0.4 is 0 Å². The van der Waals surface area contributed by atoms with Crippen molar-refractivity contribution in [1.29, 1.82) is 0 Å². The van der Waals surface area contributed by atoms with Crippen LogP contribution in [0.1, 0.15) is 13.3 Å². The Hall–Kier alpha value is 1.10. The fraction of sp³-hybridized carbons (Fsp3) is 1.00. The molecule has 0 bridgehead atoms. The molecule has 8 heteroatoms. The first-order chi connectivity index (χ1) is 7.73. The van der Waals surface area contributed by atoms with Crippen LogP contribution in [0.4, 0.5) is 0 Å². The Morgan fingerprint density at radius 3 is 1.35 bits per heavy atom. The largest absolute Gasteiger partial charge is 0.482 e. The van der Waals surface area contributed by atoms with E-state index in [0.29, 0.717) is 0 Å². The highest BCUT2D eigenvalue weighted by Gasteiger charge is 2.48. The van der Waals surface area contributed by atoms with Gasteiger partial charge >= 0.3 is 8.80 Å². The minimum Gasteiger partial charge on any atom is -0.419 e. The summed E-state index contributed by atoms with van der Waals surface area (Å²) in [6.45, 7) is 15.2. The molecule has 0 fully saturated rings. The average molecular weight is 329 g/mol. The van der Waals surface area contributed by atoms with Gasteiger partial charge in [0.15, 0.2) is 27.1 Å². The molecule has 0 radical (unpaired) electrons. The van der Waals surface area contributed by atoms with Gasteiger partial charge in [-0.15, -0.1) is 0 Å². The Labute approximate surface area is 118 Å². The van der Waals surface area contributed by atoms with Gasteiger partial charge in [0.05, 0.1) is 4.87 Å². The van der Waals surface area contributed by atoms with Crippen molar-refractivity contribution in [1.82, 2.24) is 0 Å². The smallest absolute Gasteiger partial charge is 0.419 e. The molecule has 0 aromatic heterocycles. The van der Waals surface area contributed by atoms with Crippen molar-refractivity contribution >= 4 is 48.6 Å². The van der Waals surface area contributed by atoms with Crippen LogP contribution in [0.15, 0.2) is 0 Å². The zero-order chi connectivity index (χ0) is 13.6. The van der Waals surface area contributed by atoms with Crippen molar-refractivity contribution in [3.8, 4) is 0 Å². The standard InChI is InChI=1S/C9H28O3SSi4/c1-8-9(13)17(10-14(2)3,11-15(4)5)12-16(6)7/h9,13-16H,8H2,1-7H3. The van der Waals surface area contributed by atoms with Gasteiger partial charge in [0.25, 0.3) is 0 Å². The molecule has 17 heavy (non-hydrogen) atoms. The molecule has 1 atom stereocenters. The molecule has 0 aromatic carbocycles. The molecule has 0 aliphatic rings. The highest BCUT2D eigenvalue weighted by atomic mass is 32.1. The van der Waals surface area contributed by atoms with E-state index in [0.717, 1.165) is 6.42 Å². The molecular weight excluding hydrogens is 301 g/mol. The lowest BCUT2D eigenvalue weighted by Crippen LogP contribution is -2.59. The highest BCUT2D eigenvalue weighted by Crippen LogP contribution is 2.24. The average Bonchev–Trinajstić information content (AvgIpc) is 2.12. The second-order valence-corrected chi connectivity index (χ2v) is 17.2. The van der Waals surface area contributed by atoms with Crippen LogP contribution in [0.3, 0.4) is 0 Å². The SMILES string of the molecule is CCC(S)[Si](O[SiH](C)C)(O[SiH](C)C)O[SiH](C)C. The summed E-state index contributed by atoms with van der Waals surface area (Å²) in [5.74, 6) is 0. The molecule has 0 aliphatic carbocycles. The summed E-state index contributed by atoms with van der Waals surface area (Å²) in [7, 11) is -6.07. The molecule has 0 amide bonds. The van der Waals surface area contributed by atoms with Crippen LogP contribution in [-0.4, -0.2) is 40.8 Å². The Morgan fingerprint density at radius 1 is 0.882 bits per heavy atom. The van der Waals surface area contributed by atoms with Crippen LogP contribution >= 0.6 is 12.6 Å². The summed E-state index contributed by atoms with van der Waals surface area (Å²) >= 11 is 4.69. The van der Waals surface area contributed by atoms with Gasteiger partial charge in [-0.05, 0) is 45.7 Å². The van der Waals surface area contributed by atoms with E-state index in [1.807, 2.05) is 0 Å². The van der Waals surface area contributed by atoms with Crippen LogP contribution in [0.2, 0.25) is 39.3 Å². The van der Waals surface area contributed by atoms with Crippen molar-refractivity contribution in [2.75, 3.05) is 0 Å². The zero-order valence-corrected chi connectivity index (χ0v) is 17.5. The van der Waals surface area contributed by atoms with Gasteiger partial charge in [0.2, 0.25) is 0 Å². The highest BCUT2D eigenvalue weighted by molar-refractivity contribution is 7.83. The molecule has 1 unspecified atom stereocenters. The van der Waals surface area contributed by atoms with E-state index in [9.17, 15) is 0 Å². The van der Waals surface area contributed by atoms with Gasteiger partial charge in [-0.3, -0.25) is 0 Å². The summed E-state index contributed by atoms with van der Waals surface area (Å²) in [6, 6.07) is 0. The Morgan fingerprint density at radius 2 is 1.18 bits per heavy atom. The predicted octanol–water partition coefficient (Wildman–Crippen LogP) is 2.17. The van der Waals surface area contributed by atoms with Gasteiger partial charge in [0, 0.05) is 0 Å². The molecule has 3 nitrogen and oxygen atoms in total. The first kappa shape index (κ1) is 18.1. The summed E-state index contributed by atoms with van der Waals surface area (Å²) in [5, 5.41) is 0. The molecular formula is C9H28O3SSi4. The predicted molar refractivity (Wildman–Crippen MR) is 88.7 cm³/mol. The van der Waals surface area contributed by atoms with E-state index in [1.54, 1.807) is 0 Å². The monoisotopic (exact) mass is 328 g/mol. The Kier molecular flexibility index (Phi) is 8.84. The molecule has 0 rings (SSSR count). The third kappa shape index (κ3) is 6.71. The van der Waals surface area contributed by atoms with E-state index < -0.39 is 35.9 Å². The molecule has 0 heterocycles. The second kappa shape index (κ2) is 8.30. The van der Waals surface area contributed by atoms with E-state index in [-0.39, 0.29) is 4.87 Å². The van der Waals surface area contributed by atoms with Crippen LogP contribution in [0, 0.1) is 0 Å². The first-order valence-electron chi connectivity index (χ1n) is 6.45. The fourth-order valence-corrected chi connectivity index (χ4v) is 15.6. The summed E-state index contributed by atoms with van der Waals surface area (Å²) in [4.78, 5) is 0.127. The lowest BCUT2D eigenvalue weighted by atomic mass is 10.6. The maximum atomic E-state index is 6.24. The zero-order valence-electron chi connectivity index (χ0n) is 12.2. The van der Waals surface area contributed by atoms with Gasteiger partial charge in [-0.2, -0.15) is 12.6 Å². The molecule has 104 valence electrons. The van der Waals surface area contributed by atoms with Gasteiger partial charge in [-0.1, -0.05) is 6.92 Å².